The SMILES string of the molecule is CCNCc1sc(-c2cccc(O)c2)nc1C. The number of phenolic OH excluding ortho intramolecular Hbond substituents is 1. The number of hydrogen-bond acceptors (Lipinski definition) is 4. The van der Waals surface area contributed by atoms with E-state index in [0.717, 1.165) is 29.4 Å². The molecule has 0 fully saturated rings. The highest BCUT2D eigenvalue weighted by Crippen LogP contribution is 2.29. The maximum absolute atomic E-state index is 9.46. The van der Waals surface area contributed by atoms with Gasteiger partial charge in [0.1, 0.15) is 10.8 Å². The Morgan fingerprint density at radius 2 is 2.24 bits per heavy atom. The van der Waals surface area contributed by atoms with Crippen molar-refractivity contribution >= 4 is 11.3 Å². The molecule has 90 valence electrons. The topological polar surface area (TPSA) is 45.1 Å². The first-order valence-electron chi connectivity index (χ1n) is 5.67. The van der Waals surface area contributed by atoms with Crippen LogP contribution < -0.4 is 5.32 Å². The van der Waals surface area contributed by atoms with E-state index in [4.69, 9.17) is 0 Å². The van der Waals surface area contributed by atoms with Crippen molar-refractivity contribution < 1.29 is 5.11 Å². The van der Waals surface area contributed by atoms with Crippen LogP contribution >= 0.6 is 11.3 Å². The lowest BCUT2D eigenvalue weighted by Crippen LogP contribution is -2.11. The first-order valence-corrected chi connectivity index (χ1v) is 6.48. The van der Waals surface area contributed by atoms with Crippen molar-refractivity contribution in [3.05, 3.63) is 34.8 Å². The van der Waals surface area contributed by atoms with Crippen LogP contribution in [0, 0.1) is 6.92 Å². The zero-order valence-corrected chi connectivity index (χ0v) is 10.8. The van der Waals surface area contributed by atoms with Gasteiger partial charge in [-0.15, -0.1) is 11.3 Å². The molecule has 0 unspecified atom stereocenters. The van der Waals surface area contributed by atoms with Crippen LogP contribution in [-0.2, 0) is 6.54 Å². The van der Waals surface area contributed by atoms with E-state index in [9.17, 15) is 5.11 Å². The number of thiazole rings is 1. The maximum atomic E-state index is 9.46. The number of hydrogen-bond donors (Lipinski definition) is 2. The molecule has 3 nitrogen and oxygen atoms in total. The normalized spacial score (nSPS) is 10.7. The second-order valence-corrected chi connectivity index (χ2v) is 4.94. The number of aromatic nitrogens is 1. The lowest BCUT2D eigenvalue weighted by atomic mass is 10.2. The van der Waals surface area contributed by atoms with Gasteiger partial charge in [0.05, 0.1) is 5.69 Å². The maximum Gasteiger partial charge on any atom is 0.124 e. The van der Waals surface area contributed by atoms with E-state index in [1.807, 2.05) is 19.1 Å². The fourth-order valence-electron chi connectivity index (χ4n) is 1.59. The van der Waals surface area contributed by atoms with Gasteiger partial charge in [-0.3, -0.25) is 0 Å². The summed E-state index contributed by atoms with van der Waals surface area (Å²) in [5, 5.41) is 13.7. The predicted octanol–water partition coefficient (Wildman–Crippen LogP) is 2.93. The standard InChI is InChI=1S/C13H16N2OS/c1-3-14-8-12-9(2)15-13(17-12)10-5-4-6-11(16)7-10/h4-7,14,16H,3,8H2,1-2H3. The molecule has 0 spiro atoms. The summed E-state index contributed by atoms with van der Waals surface area (Å²) in [6, 6.07) is 7.22. The van der Waals surface area contributed by atoms with Crippen molar-refractivity contribution in [3.8, 4) is 16.3 Å². The first-order chi connectivity index (χ1) is 8.20. The minimum Gasteiger partial charge on any atom is -0.508 e. The van der Waals surface area contributed by atoms with Crippen molar-refractivity contribution in [1.82, 2.24) is 10.3 Å². The number of rotatable bonds is 4. The lowest BCUT2D eigenvalue weighted by molar-refractivity contribution is 0.475. The van der Waals surface area contributed by atoms with E-state index in [-0.39, 0.29) is 5.75 Å². The van der Waals surface area contributed by atoms with E-state index in [1.54, 1.807) is 23.5 Å². The highest BCUT2D eigenvalue weighted by atomic mass is 32.1. The zero-order valence-electron chi connectivity index (χ0n) is 10.0. The van der Waals surface area contributed by atoms with Crippen molar-refractivity contribution in [2.24, 2.45) is 0 Å². The molecule has 0 bridgehead atoms. The van der Waals surface area contributed by atoms with Gasteiger partial charge in [0.25, 0.3) is 0 Å². The Hall–Kier alpha value is -1.39. The van der Waals surface area contributed by atoms with E-state index in [0.29, 0.717) is 0 Å². The minimum atomic E-state index is 0.281. The first kappa shape index (κ1) is 12.1. The van der Waals surface area contributed by atoms with Gasteiger partial charge in [-0.05, 0) is 25.6 Å². The Bertz CT molecular complexity index is 508. The number of aromatic hydroxyl groups is 1. The van der Waals surface area contributed by atoms with Crippen LogP contribution in [0.25, 0.3) is 10.6 Å². The number of phenols is 1. The number of nitrogens with zero attached hydrogens (tertiary/aromatic N) is 1. The Labute approximate surface area is 105 Å². The van der Waals surface area contributed by atoms with Crippen LogP contribution in [0.4, 0.5) is 0 Å². The summed E-state index contributed by atoms with van der Waals surface area (Å²) in [6.45, 7) is 5.93. The Kier molecular flexibility index (Phi) is 3.76. The smallest absolute Gasteiger partial charge is 0.124 e. The molecule has 0 radical (unpaired) electrons. The molecule has 0 aliphatic carbocycles. The molecule has 17 heavy (non-hydrogen) atoms. The molecule has 1 aromatic heterocycles. The number of aryl methyl sites for hydroxylation is 1. The molecule has 2 aromatic rings. The molecule has 0 saturated heterocycles. The van der Waals surface area contributed by atoms with E-state index < -0.39 is 0 Å². The molecule has 2 rings (SSSR count). The summed E-state index contributed by atoms with van der Waals surface area (Å²) in [5.41, 5.74) is 2.04. The third-order valence-corrected chi connectivity index (χ3v) is 3.73. The van der Waals surface area contributed by atoms with Crippen LogP contribution in [0.2, 0.25) is 0 Å². The molecule has 0 saturated carbocycles. The molecule has 0 aliphatic heterocycles. The third kappa shape index (κ3) is 2.84. The molecule has 0 amide bonds. The molecule has 1 aromatic carbocycles. The van der Waals surface area contributed by atoms with E-state index in [1.165, 1.54) is 4.88 Å². The van der Waals surface area contributed by atoms with Gasteiger partial charge in [0.15, 0.2) is 0 Å². The highest BCUT2D eigenvalue weighted by molar-refractivity contribution is 7.15. The zero-order chi connectivity index (χ0) is 12.3. The number of nitrogens with one attached hydrogen (secondary N) is 1. The van der Waals surface area contributed by atoms with Crippen molar-refractivity contribution in [2.45, 2.75) is 20.4 Å². The van der Waals surface area contributed by atoms with Crippen LogP contribution in [0.1, 0.15) is 17.5 Å². The molecular weight excluding hydrogens is 232 g/mol. The average Bonchev–Trinajstić information content (AvgIpc) is 2.68. The average molecular weight is 248 g/mol. The van der Waals surface area contributed by atoms with Gasteiger partial charge >= 0.3 is 0 Å². The van der Waals surface area contributed by atoms with Gasteiger partial charge in [-0.25, -0.2) is 4.98 Å². The predicted molar refractivity (Wildman–Crippen MR) is 71.3 cm³/mol. The summed E-state index contributed by atoms with van der Waals surface area (Å²) in [6.07, 6.45) is 0. The molecule has 2 N–H and O–H groups in total. The largest absolute Gasteiger partial charge is 0.508 e. The molecule has 0 atom stereocenters. The Balaban J connectivity index is 2.28. The monoisotopic (exact) mass is 248 g/mol. The van der Waals surface area contributed by atoms with Gasteiger partial charge in [-0.1, -0.05) is 19.1 Å². The summed E-state index contributed by atoms with van der Waals surface area (Å²) in [4.78, 5) is 5.80. The molecule has 4 heteroatoms. The summed E-state index contributed by atoms with van der Waals surface area (Å²) >= 11 is 1.68. The summed E-state index contributed by atoms with van der Waals surface area (Å²) in [7, 11) is 0. The fourth-order valence-corrected chi connectivity index (χ4v) is 2.62. The lowest BCUT2D eigenvalue weighted by Gasteiger charge is -1.98. The third-order valence-electron chi connectivity index (χ3n) is 2.52. The van der Waals surface area contributed by atoms with Gasteiger partial charge in [-0.2, -0.15) is 0 Å². The van der Waals surface area contributed by atoms with Gasteiger partial charge < -0.3 is 10.4 Å². The minimum absolute atomic E-state index is 0.281. The van der Waals surface area contributed by atoms with Crippen molar-refractivity contribution in [3.63, 3.8) is 0 Å². The number of benzene rings is 1. The molecule has 1 heterocycles. The van der Waals surface area contributed by atoms with Gasteiger partial charge in [0.2, 0.25) is 0 Å². The Morgan fingerprint density at radius 1 is 1.41 bits per heavy atom. The van der Waals surface area contributed by atoms with Crippen LogP contribution in [0.5, 0.6) is 5.75 Å². The van der Waals surface area contributed by atoms with Crippen molar-refractivity contribution in [1.29, 1.82) is 0 Å². The van der Waals surface area contributed by atoms with E-state index in [2.05, 4.69) is 17.2 Å². The van der Waals surface area contributed by atoms with Crippen molar-refractivity contribution in [2.75, 3.05) is 6.54 Å². The second kappa shape index (κ2) is 5.29. The van der Waals surface area contributed by atoms with Gasteiger partial charge in [0, 0.05) is 17.0 Å². The Morgan fingerprint density at radius 3 is 2.94 bits per heavy atom. The molecular formula is C13H16N2OS. The fraction of sp³-hybridized carbons (Fsp3) is 0.308. The summed E-state index contributed by atoms with van der Waals surface area (Å²) in [5.74, 6) is 0.281. The van der Waals surface area contributed by atoms with E-state index >= 15 is 0 Å². The second-order valence-electron chi connectivity index (χ2n) is 3.86. The molecule has 0 aliphatic rings. The quantitative estimate of drug-likeness (QED) is 0.874. The van der Waals surface area contributed by atoms with Crippen LogP contribution in [-0.4, -0.2) is 16.6 Å². The summed E-state index contributed by atoms with van der Waals surface area (Å²) < 4.78 is 0. The highest BCUT2D eigenvalue weighted by Gasteiger charge is 2.09. The van der Waals surface area contributed by atoms with Crippen LogP contribution in [0.3, 0.4) is 0 Å². The van der Waals surface area contributed by atoms with Crippen LogP contribution in [0.15, 0.2) is 24.3 Å².